The Morgan fingerprint density at radius 3 is 1.72 bits per heavy atom. The lowest BCUT2D eigenvalue weighted by Gasteiger charge is -2.26. The second-order valence-electron chi connectivity index (χ2n) is 21.1. The maximum atomic E-state index is 13.2. The number of phosphoric ester groups is 1. The second kappa shape index (κ2) is 33.9. The third-order valence-corrected chi connectivity index (χ3v) is 15.8. The maximum absolute atomic E-state index is 13.2. The molecule has 0 aromatic carbocycles. The zero-order valence-electron chi connectivity index (χ0n) is 45.5. The van der Waals surface area contributed by atoms with Crippen molar-refractivity contribution in [2.75, 3.05) is 57.5 Å². The van der Waals surface area contributed by atoms with E-state index in [0.717, 1.165) is 30.9 Å². The Morgan fingerprint density at radius 1 is 0.606 bits per heavy atom. The maximum Gasteiger partial charge on any atom is 0.472 e. The number of phosphoric acid groups is 1. The van der Waals surface area contributed by atoms with Crippen molar-refractivity contribution in [2.45, 2.75) is 215 Å². The van der Waals surface area contributed by atoms with Crippen molar-refractivity contribution in [2.24, 2.45) is 17.8 Å². The number of hydrogen-bond acceptors (Lipinski definition) is 15. The third-order valence-electron chi connectivity index (χ3n) is 12.3. The average Bonchev–Trinajstić information content (AvgIpc) is 3.99. The predicted molar refractivity (Wildman–Crippen MR) is 282 cm³/mol. The standard InChI is InChI=1S/C34H62N3O9PS2.C17H31NO4/c1-24(2)32(39)14-17-49-48-16-9-11-33(40)37-21-31(19-29(37)22-44-26(5)6)46-47(42,43)45-23-28-18-27(7)20-36(28)34(41)13-12-30(38)10-8-15-35-25(3)4;1-11(2)16(19)8-17(20)18-9-15(22-13(5)6)7-14(18)10-21-12(3)4/h24-29,31,35H,8-23H2,1-7H3,(H,42,43);11-15H,7-10H2,1-6H3/t27-,28+,29+,31-;14-,15+/m10/s1. The highest BCUT2D eigenvalue weighted by Crippen LogP contribution is 2.47. The summed E-state index contributed by atoms with van der Waals surface area (Å²) in [6.07, 6.45) is 4.25. The molecule has 7 atom stereocenters. The van der Waals surface area contributed by atoms with Crippen molar-refractivity contribution in [1.29, 1.82) is 0 Å². The van der Waals surface area contributed by atoms with Gasteiger partial charge in [-0.15, -0.1) is 0 Å². The topological polar surface area (TPSA) is 208 Å². The first-order valence-corrected chi connectivity index (χ1v) is 30.2. The van der Waals surface area contributed by atoms with Crippen molar-refractivity contribution in [3.8, 4) is 0 Å². The smallest absolute Gasteiger partial charge is 0.377 e. The monoisotopic (exact) mass is 1060 g/mol. The zero-order chi connectivity index (χ0) is 53.4. The fraction of sp³-hybridized carbons (Fsp3) is 0.882. The van der Waals surface area contributed by atoms with Crippen LogP contribution in [0.2, 0.25) is 0 Å². The van der Waals surface area contributed by atoms with Crippen LogP contribution < -0.4 is 5.32 Å². The molecule has 0 radical (unpaired) electrons. The van der Waals surface area contributed by atoms with Crippen LogP contribution in [-0.2, 0) is 56.6 Å². The van der Waals surface area contributed by atoms with E-state index in [1.807, 2.05) is 76.2 Å². The number of carbonyl (C=O) groups excluding carboxylic acids is 6. The van der Waals surface area contributed by atoms with Gasteiger partial charge in [-0.05, 0) is 86.1 Å². The predicted octanol–water partition coefficient (Wildman–Crippen LogP) is 8.08. The molecule has 0 aromatic heterocycles. The highest BCUT2D eigenvalue weighted by Gasteiger charge is 2.42. The molecule has 3 fully saturated rings. The molecular formula is C51H93N4O13PS2. The molecule has 20 heteroatoms. The molecule has 3 aliphatic heterocycles. The Bertz CT molecular complexity index is 1690. The van der Waals surface area contributed by atoms with Crippen LogP contribution in [0.3, 0.4) is 0 Å². The summed E-state index contributed by atoms with van der Waals surface area (Å²) in [5.74, 6) is 1.64. The lowest BCUT2D eigenvalue weighted by molar-refractivity contribution is -0.138. The SMILES string of the molecule is CC(C)NCCCC(=O)CCC(=O)N1C[C@H](C)C[C@H]1COP(=O)(O)O[C@@H]1C[C@@H](COC(C)C)N(C(=O)CCCSSCCC(=O)C(C)C)C1.CC(C)OC[C@@H]1C[C@@H](OC(C)C)CN1C(=O)CC(=O)C(C)C. The van der Waals surface area contributed by atoms with E-state index >= 15 is 0 Å². The number of nitrogens with zero attached hydrogens (tertiary/aromatic N) is 3. The van der Waals surface area contributed by atoms with Crippen LogP contribution in [0.5, 0.6) is 0 Å². The summed E-state index contributed by atoms with van der Waals surface area (Å²) in [5, 5.41) is 3.28. The van der Waals surface area contributed by atoms with Gasteiger partial charge in [0.05, 0.1) is 74.9 Å². The molecule has 3 rings (SSSR count). The molecule has 0 spiro atoms. The minimum absolute atomic E-state index is 0.00128. The number of Topliss-reactive ketones (excluding diaryl/α,β-unsaturated/α-hetero) is 3. The van der Waals surface area contributed by atoms with Gasteiger partial charge in [-0.25, -0.2) is 4.57 Å². The van der Waals surface area contributed by atoms with E-state index < -0.39 is 20.0 Å². The van der Waals surface area contributed by atoms with Crippen molar-refractivity contribution < 1.29 is 61.5 Å². The Kier molecular flexibility index (Phi) is 31.1. The number of carbonyl (C=O) groups is 6. The molecule has 0 aliphatic carbocycles. The zero-order valence-corrected chi connectivity index (χ0v) is 48.0. The van der Waals surface area contributed by atoms with Crippen LogP contribution in [0.4, 0.5) is 0 Å². The van der Waals surface area contributed by atoms with Crippen molar-refractivity contribution in [1.82, 2.24) is 20.0 Å². The normalized spacial score (nSPS) is 22.3. The molecule has 2 N–H and O–H groups in total. The van der Waals surface area contributed by atoms with Crippen LogP contribution >= 0.6 is 29.4 Å². The molecule has 0 saturated carbocycles. The van der Waals surface area contributed by atoms with Gasteiger partial charge in [-0.2, -0.15) is 0 Å². The average molecular weight is 1070 g/mol. The van der Waals surface area contributed by atoms with E-state index in [4.69, 9.17) is 23.3 Å². The summed E-state index contributed by atoms with van der Waals surface area (Å²) >= 11 is 0. The van der Waals surface area contributed by atoms with Gasteiger partial charge in [0.25, 0.3) is 0 Å². The minimum atomic E-state index is -4.50. The van der Waals surface area contributed by atoms with E-state index in [1.165, 1.54) is 0 Å². The van der Waals surface area contributed by atoms with E-state index in [9.17, 15) is 38.2 Å². The highest BCUT2D eigenvalue weighted by molar-refractivity contribution is 8.76. The van der Waals surface area contributed by atoms with E-state index in [-0.39, 0.29) is 122 Å². The van der Waals surface area contributed by atoms with Crippen LogP contribution in [-0.4, -0.2) is 167 Å². The highest BCUT2D eigenvalue weighted by atomic mass is 33.1. The number of hydrogen-bond donors (Lipinski definition) is 2. The summed E-state index contributed by atoms with van der Waals surface area (Å²) in [6, 6.07) is -0.321. The van der Waals surface area contributed by atoms with Gasteiger partial charge in [0.15, 0.2) is 0 Å². The molecular weight excluding hydrogens is 972 g/mol. The molecule has 3 saturated heterocycles. The van der Waals surface area contributed by atoms with Gasteiger partial charge in [-0.3, -0.25) is 37.8 Å². The number of nitrogens with one attached hydrogen (secondary N) is 1. The molecule has 3 amide bonds. The van der Waals surface area contributed by atoms with Gasteiger partial charge < -0.3 is 39.1 Å². The molecule has 412 valence electrons. The van der Waals surface area contributed by atoms with Crippen LogP contribution in [0.15, 0.2) is 0 Å². The Balaban J connectivity index is 0.000000653. The van der Waals surface area contributed by atoms with Crippen molar-refractivity contribution in [3.05, 3.63) is 0 Å². The molecule has 17 nitrogen and oxygen atoms in total. The molecule has 71 heavy (non-hydrogen) atoms. The first-order chi connectivity index (χ1) is 33.3. The Labute approximate surface area is 434 Å². The van der Waals surface area contributed by atoms with Crippen molar-refractivity contribution in [3.63, 3.8) is 0 Å². The van der Waals surface area contributed by atoms with Crippen LogP contribution in [0, 0.1) is 17.8 Å². The summed E-state index contributed by atoms with van der Waals surface area (Å²) in [4.78, 5) is 90.4. The summed E-state index contributed by atoms with van der Waals surface area (Å²) in [6.45, 7) is 27.9. The second-order valence-corrected chi connectivity index (χ2v) is 25.3. The summed E-state index contributed by atoms with van der Waals surface area (Å²) in [5.41, 5.74) is 0. The van der Waals surface area contributed by atoms with Gasteiger partial charge in [-0.1, -0.05) is 70.1 Å². The first-order valence-electron chi connectivity index (χ1n) is 26.3. The van der Waals surface area contributed by atoms with E-state index in [2.05, 4.69) is 19.2 Å². The fourth-order valence-electron chi connectivity index (χ4n) is 8.48. The van der Waals surface area contributed by atoms with Gasteiger partial charge in [0.2, 0.25) is 17.7 Å². The quantitative estimate of drug-likeness (QED) is 0.0276. The Hall–Kier alpha value is -1.93. The number of ether oxygens (including phenoxy) is 3. The fourth-order valence-corrected chi connectivity index (χ4v) is 11.5. The number of rotatable bonds is 33. The minimum Gasteiger partial charge on any atom is -0.377 e. The third kappa shape index (κ3) is 26.9. The lowest BCUT2D eigenvalue weighted by Crippen LogP contribution is -2.40. The molecule has 1 unspecified atom stereocenters. The van der Waals surface area contributed by atoms with Crippen LogP contribution in [0.25, 0.3) is 0 Å². The largest absolute Gasteiger partial charge is 0.472 e. The number of ketones is 3. The van der Waals surface area contributed by atoms with Gasteiger partial charge in [0.1, 0.15) is 17.3 Å². The first kappa shape index (κ1) is 65.2. The lowest BCUT2D eigenvalue weighted by atomic mass is 10.1. The summed E-state index contributed by atoms with van der Waals surface area (Å²) < 4.78 is 41.5. The van der Waals surface area contributed by atoms with E-state index in [1.54, 1.807) is 36.3 Å². The van der Waals surface area contributed by atoms with E-state index in [0.29, 0.717) is 70.9 Å². The van der Waals surface area contributed by atoms with Crippen LogP contribution in [0.1, 0.15) is 161 Å². The Morgan fingerprint density at radius 2 is 1.14 bits per heavy atom. The summed E-state index contributed by atoms with van der Waals surface area (Å²) in [7, 11) is -1.20. The van der Waals surface area contributed by atoms with Gasteiger partial charge in [0, 0.05) is 81.1 Å². The molecule has 0 aromatic rings. The van der Waals surface area contributed by atoms with Crippen molar-refractivity contribution >= 4 is 64.5 Å². The number of amides is 3. The molecule has 3 aliphatic rings. The molecule has 0 bridgehead atoms. The molecule has 3 heterocycles. The number of likely N-dealkylation sites (tertiary alicyclic amines) is 3. The van der Waals surface area contributed by atoms with Gasteiger partial charge >= 0.3 is 7.82 Å².